The Morgan fingerprint density at radius 3 is 3.10 bits per heavy atom. The number of nitrogens with two attached hydrogens (primary N) is 1. The van der Waals surface area contributed by atoms with Crippen LogP contribution in [-0.2, 0) is 9.53 Å². The third-order valence-electron chi connectivity index (χ3n) is 1.79. The maximum Gasteiger partial charge on any atom is 0.314 e. The molecule has 2 N–H and O–H groups in total. The van der Waals surface area contributed by atoms with Gasteiger partial charge in [-0.1, -0.05) is 0 Å². The molecule has 1 aliphatic rings. The molecule has 0 unspecified atom stereocenters. The summed E-state index contributed by atoms with van der Waals surface area (Å²) in [5, 5.41) is 2.15. The number of ether oxygens (including phenoxy) is 1. The lowest BCUT2D eigenvalue weighted by molar-refractivity contribution is -0.637. The van der Waals surface area contributed by atoms with E-state index < -0.39 is 0 Å². The highest BCUT2D eigenvalue weighted by molar-refractivity contribution is 5.72. The van der Waals surface area contributed by atoms with E-state index in [1.807, 2.05) is 6.92 Å². The summed E-state index contributed by atoms with van der Waals surface area (Å²) in [6.07, 6.45) is 0.985. The van der Waals surface area contributed by atoms with Crippen LogP contribution in [-0.4, -0.2) is 25.7 Å². The summed E-state index contributed by atoms with van der Waals surface area (Å²) >= 11 is 0. The van der Waals surface area contributed by atoms with Crippen LogP contribution in [0.5, 0.6) is 0 Å². The first-order valence-corrected chi connectivity index (χ1v) is 3.83. The van der Waals surface area contributed by atoms with Gasteiger partial charge in [0.2, 0.25) is 0 Å². The van der Waals surface area contributed by atoms with Crippen molar-refractivity contribution in [1.82, 2.24) is 0 Å². The van der Waals surface area contributed by atoms with Crippen LogP contribution in [0.4, 0.5) is 0 Å². The van der Waals surface area contributed by atoms with E-state index in [0.717, 1.165) is 19.5 Å². The molecule has 0 spiro atoms. The SMILES string of the molecule is CCOC(=O)[C@@H]1CC[NH2+]C1. The zero-order valence-corrected chi connectivity index (χ0v) is 6.30. The van der Waals surface area contributed by atoms with Crippen LogP contribution >= 0.6 is 0 Å². The summed E-state index contributed by atoms with van der Waals surface area (Å²) in [7, 11) is 0. The highest BCUT2D eigenvalue weighted by Gasteiger charge is 2.26. The van der Waals surface area contributed by atoms with E-state index in [4.69, 9.17) is 4.74 Å². The molecule has 0 aromatic heterocycles. The second-order valence-corrected chi connectivity index (χ2v) is 2.55. The van der Waals surface area contributed by atoms with Gasteiger partial charge in [0, 0.05) is 6.42 Å². The Morgan fingerprint density at radius 2 is 2.60 bits per heavy atom. The molecule has 0 bridgehead atoms. The summed E-state index contributed by atoms with van der Waals surface area (Å²) in [5.74, 6) is 0.149. The fourth-order valence-corrected chi connectivity index (χ4v) is 1.23. The molecule has 1 heterocycles. The normalized spacial score (nSPS) is 24.7. The molecule has 3 heteroatoms. The summed E-state index contributed by atoms with van der Waals surface area (Å²) in [4.78, 5) is 11.0. The minimum atomic E-state index is -0.0174. The number of esters is 1. The van der Waals surface area contributed by atoms with Crippen molar-refractivity contribution in [2.45, 2.75) is 13.3 Å². The lowest BCUT2D eigenvalue weighted by atomic mass is 10.1. The highest BCUT2D eigenvalue weighted by atomic mass is 16.5. The van der Waals surface area contributed by atoms with Gasteiger partial charge in [-0.15, -0.1) is 0 Å². The average molecular weight is 144 g/mol. The Hall–Kier alpha value is -0.570. The molecule has 0 saturated carbocycles. The summed E-state index contributed by atoms with van der Waals surface area (Å²) in [6.45, 7) is 4.34. The molecule has 1 saturated heterocycles. The molecular weight excluding hydrogens is 130 g/mol. The first-order chi connectivity index (χ1) is 4.84. The van der Waals surface area contributed by atoms with Gasteiger partial charge in [0.15, 0.2) is 0 Å². The predicted molar refractivity (Wildman–Crippen MR) is 36.4 cm³/mol. The average Bonchev–Trinajstić information content (AvgIpc) is 2.38. The minimum absolute atomic E-state index is 0.0174. The second-order valence-electron chi connectivity index (χ2n) is 2.55. The van der Waals surface area contributed by atoms with Gasteiger partial charge in [-0.2, -0.15) is 0 Å². The van der Waals surface area contributed by atoms with E-state index in [2.05, 4.69) is 5.32 Å². The summed E-state index contributed by atoms with van der Waals surface area (Å²) in [6, 6.07) is 0. The molecule has 0 aliphatic carbocycles. The fraction of sp³-hybridized carbons (Fsp3) is 0.857. The Labute approximate surface area is 60.7 Å². The third-order valence-corrected chi connectivity index (χ3v) is 1.79. The van der Waals surface area contributed by atoms with Crippen LogP contribution in [0.1, 0.15) is 13.3 Å². The minimum Gasteiger partial charge on any atom is -0.466 e. The van der Waals surface area contributed by atoms with E-state index in [-0.39, 0.29) is 11.9 Å². The zero-order chi connectivity index (χ0) is 7.40. The number of hydrogen-bond acceptors (Lipinski definition) is 2. The number of carbonyl (C=O) groups is 1. The number of rotatable bonds is 2. The Kier molecular flexibility index (Phi) is 2.68. The second kappa shape index (κ2) is 3.56. The molecule has 0 aromatic carbocycles. The molecule has 1 rings (SSSR count). The van der Waals surface area contributed by atoms with Gasteiger partial charge < -0.3 is 10.1 Å². The monoisotopic (exact) mass is 144 g/mol. The van der Waals surface area contributed by atoms with Crippen molar-refractivity contribution < 1.29 is 14.8 Å². The van der Waals surface area contributed by atoms with Crippen LogP contribution < -0.4 is 5.32 Å². The van der Waals surface area contributed by atoms with Gasteiger partial charge in [-0.25, -0.2) is 0 Å². The highest BCUT2D eigenvalue weighted by Crippen LogP contribution is 2.04. The molecule has 1 aliphatic heterocycles. The standard InChI is InChI=1S/C7H13NO2/c1-2-10-7(9)6-3-4-8-5-6/h6,8H,2-5H2,1H3/p+1/t6-/m1/s1. The molecule has 58 valence electrons. The predicted octanol–water partition coefficient (Wildman–Crippen LogP) is -0.867. The Bertz CT molecular complexity index is 119. The molecule has 1 fully saturated rings. The van der Waals surface area contributed by atoms with Crippen LogP contribution in [0.25, 0.3) is 0 Å². The number of hydrogen-bond donors (Lipinski definition) is 1. The molecule has 3 nitrogen and oxygen atoms in total. The smallest absolute Gasteiger partial charge is 0.314 e. The first-order valence-electron chi connectivity index (χ1n) is 3.83. The van der Waals surface area contributed by atoms with Gasteiger partial charge in [-0.3, -0.25) is 4.79 Å². The van der Waals surface area contributed by atoms with Crippen molar-refractivity contribution in [3.63, 3.8) is 0 Å². The molecule has 0 amide bonds. The maximum atomic E-state index is 11.0. The quantitative estimate of drug-likeness (QED) is 0.512. The van der Waals surface area contributed by atoms with Crippen molar-refractivity contribution in [2.24, 2.45) is 5.92 Å². The van der Waals surface area contributed by atoms with Gasteiger partial charge in [0.05, 0.1) is 19.7 Å². The van der Waals surface area contributed by atoms with Gasteiger partial charge >= 0.3 is 5.97 Å². The molecule has 0 radical (unpaired) electrons. The van der Waals surface area contributed by atoms with E-state index >= 15 is 0 Å². The Morgan fingerprint density at radius 1 is 1.80 bits per heavy atom. The first kappa shape index (κ1) is 7.54. The van der Waals surface area contributed by atoms with Gasteiger partial charge in [0.1, 0.15) is 5.92 Å². The number of quaternary nitrogens is 1. The molecule has 0 aromatic rings. The topological polar surface area (TPSA) is 42.9 Å². The number of carbonyl (C=O) groups excluding carboxylic acids is 1. The van der Waals surface area contributed by atoms with Crippen LogP contribution in [0.3, 0.4) is 0 Å². The van der Waals surface area contributed by atoms with E-state index in [9.17, 15) is 4.79 Å². The lowest BCUT2D eigenvalue weighted by Gasteiger charge is -2.03. The van der Waals surface area contributed by atoms with Crippen molar-refractivity contribution in [3.05, 3.63) is 0 Å². The van der Waals surface area contributed by atoms with Crippen molar-refractivity contribution in [2.75, 3.05) is 19.7 Å². The largest absolute Gasteiger partial charge is 0.466 e. The Balaban J connectivity index is 2.25. The van der Waals surface area contributed by atoms with Crippen LogP contribution in [0.15, 0.2) is 0 Å². The van der Waals surface area contributed by atoms with E-state index in [0.29, 0.717) is 6.61 Å². The van der Waals surface area contributed by atoms with Crippen molar-refractivity contribution in [1.29, 1.82) is 0 Å². The van der Waals surface area contributed by atoms with E-state index in [1.165, 1.54) is 0 Å². The van der Waals surface area contributed by atoms with Crippen molar-refractivity contribution >= 4 is 5.97 Å². The van der Waals surface area contributed by atoms with E-state index in [1.54, 1.807) is 0 Å². The lowest BCUT2D eigenvalue weighted by Crippen LogP contribution is -2.81. The fourth-order valence-electron chi connectivity index (χ4n) is 1.23. The third kappa shape index (κ3) is 1.70. The summed E-state index contributed by atoms with van der Waals surface area (Å²) < 4.78 is 4.87. The van der Waals surface area contributed by atoms with Crippen LogP contribution in [0, 0.1) is 5.92 Å². The van der Waals surface area contributed by atoms with Gasteiger partial charge in [0.25, 0.3) is 0 Å². The molecular formula is C7H14NO2+. The molecule has 10 heavy (non-hydrogen) atoms. The summed E-state index contributed by atoms with van der Waals surface area (Å²) in [5.41, 5.74) is 0. The maximum absolute atomic E-state index is 11.0. The van der Waals surface area contributed by atoms with Crippen LogP contribution in [0.2, 0.25) is 0 Å². The molecule has 1 atom stereocenters. The van der Waals surface area contributed by atoms with Crippen molar-refractivity contribution in [3.8, 4) is 0 Å². The zero-order valence-electron chi connectivity index (χ0n) is 6.30. The van der Waals surface area contributed by atoms with Gasteiger partial charge in [-0.05, 0) is 6.92 Å².